The number of hydrogen-bond donors (Lipinski definition) is 0. The molecule has 0 fully saturated rings. The normalized spacial score (nSPS) is 9.20. The fourth-order valence-corrected chi connectivity index (χ4v) is 1.70. The van der Waals surface area contributed by atoms with Gasteiger partial charge >= 0.3 is 0 Å². The van der Waals surface area contributed by atoms with E-state index in [-0.39, 0.29) is 22.4 Å². The van der Waals surface area contributed by atoms with Crippen molar-refractivity contribution >= 4 is 21.4 Å². The van der Waals surface area contributed by atoms with Gasteiger partial charge in [0.2, 0.25) is 0 Å². The summed E-state index contributed by atoms with van der Waals surface area (Å²) < 4.78 is 1.37. The summed E-state index contributed by atoms with van der Waals surface area (Å²) in [6.07, 6.45) is 0. The Hall–Kier alpha value is -0.0797. The van der Waals surface area contributed by atoms with Gasteiger partial charge in [-0.1, -0.05) is 18.2 Å². The molecular formula is C8H6AuS. The van der Waals surface area contributed by atoms with Crippen LogP contribution in [0.1, 0.15) is 0 Å². The van der Waals surface area contributed by atoms with Crippen LogP contribution in [0.3, 0.4) is 0 Å². The Balaban J connectivity index is 0.000000500. The zero-order chi connectivity index (χ0) is 6.10. The van der Waals surface area contributed by atoms with Gasteiger partial charge in [0.25, 0.3) is 0 Å². The summed E-state index contributed by atoms with van der Waals surface area (Å²) in [7, 11) is 0. The predicted octanol–water partition coefficient (Wildman–Crippen LogP) is 2.90. The molecule has 1 heterocycles. The maximum atomic E-state index is 2.14. The second-order valence-electron chi connectivity index (χ2n) is 1.96. The summed E-state index contributed by atoms with van der Waals surface area (Å²) in [6.45, 7) is 0. The molecular weight excluding hydrogens is 325 g/mol. The molecule has 0 spiro atoms. The molecule has 0 N–H and O–H groups in total. The van der Waals surface area contributed by atoms with E-state index in [0.717, 1.165) is 0 Å². The van der Waals surface area contributed by atoms with Crippen molar-refractivity contribution in [3.05, 3.63) is 35.7 Å². The first-order valence-corrected chi connectivity index (χ1v) is 3.77. The van der Waals surface area contributed by atoms with E-state index >= 15 is 0 Å². The van der Waals surface area contributed by atoms with Crippen LogP contribution in [0.25, 0.3) is 10.1 Å². The van der Waals surface area contributed by atoms with Gasteiger partial charge in [0.05, 0.1) is 0 Å². The maximum Gasteiger partial charge on any atom is 0.0342 e. The molecule has 0 aliphatic rings. The largest absolute Gasteiger partial charge is 0.144 e. The molecule has 2 rings (SSSR count). The van der Waals surface area contributed by atoms with Gasteiger partial charge in [0.15, 0.2) is 0 Å². The second-order valence-corrected chi connectivity index (χ2v) is 2.91. The Bertz CT molecular complexity index is 283. The first-order chi connectivity index (χ1) is 4.47. The van der Waals surface area contributed by atoms with Crippen LogP contribution >= 0.6 is 11.3 Å². The van der Waals surface area contributed by atoms with Gasteiger partial charge in [0.1, 0.15) is 0 Å². The van der Waals surface area contributed by atoms with Crippen molar-refractivity contribution in [2.24, 2.45) is 0 Å². The summed E-state index contributed by atoms with van der Waals surface area (Å²) in [5, 5.41) is 3.47. The molecule has 2 aromatic rings. The monoisotopic (exact) mass is 331 g/mol. The fourth-order valence-electron chi connectivity index (χ4n) is 0.906. The van der Waals surface area contributed by atoms with Crippen molar-refractivity contribution in [1.82, 2.24) is 0 Å². The third-order valence-electron chi connectivity index (χ3n) is 1.36. The minimum Gasteiger partial charge on any atom is -0.144 e. The topological polar surface area (TPSA) is 0 Å². The van der Waals surface area contributed by atoms with Crippen molar-refractivity contribution < 1.29 is 22.4 Å². The van der Waals surface area contributed by atoms with E-state index in [1.165, 1.54) is 10.1 Å². The average Bonchev–Trinajstić information content (AvgIpc) is 2.33. The van der Waals surface area contributed by atoms with Gasteiger partial charge in [-0.15, -0.1) is 11.3 Å². The molecule has 0 saturated carbocycles. The van der Waals surface area contributed by atoms with Crippen LogP contribution in [0.15, 0.2) is 35.7 Å². The molecule has 0 atom stereocenters. The summed E-state index contributed by atoms with van der Waals surface area (Å²) in [5.74, 6) is 0. The van der Waals surface area contributed by atoms with Crippen LogP contribution in [0.5, 0.6) is 0 Å². The number of hydrogen-bond acceptors (Lipinski definition) is 1. The summed E-state index contributed by atoms with van der Waals surface area (Å²) >= 11 is 1.79. The standard InChI is InChI=1S/C8H6S.Au/c1-2-4-8-7(3-1)5-6-9-8;/h1-6H;. The molecule has 0 nitrogen and oxygen atoms in total. The number of fused-ring (bicyclic) bond motifs is 1. The molecule has 0 amide bonds. The van der Waals surface area contributed by atoms with E-state index in [1.54, 1.807) is 11.3 Å². The van der Waals surface area contributed by atoms with E-state index in [1.807, 2.05) is 0 Å². The van der Waals surface area contributed by atoms with Crippen LogP contribution in [0.2, 0.25) is 0 Å². The van der Waals surface area contributed by atoms with E-state index in [9.17, 15) is 0 Å². The smallest absolute Gasteiger partial charge is 0.0342 e. The van der Waals surface area contributed by atoms with Crippen LogP contribution in [0, 0.1) is 0 Å². The van der Waals surface area contributed by atoms with E-state index in [4.69, 9.17) is 0 Å². The van der Waals surface area contributed by atoms with Crippen molar-refractivity contribution in [2.75, 3.05) is 0 Å². The third-order valence-corrected chi connectivity index (χ3v) is 2.26. The Kier molecular flexibility index (Phi) is 2.69. The minimum absolute atomic E-state index is 0. The zero-order valence-corrected chi connectivity index (χ0v) is 8.16. The molecule has 0 aliphatic heterocycles. The molecule has 1 aromatic heterocycles. The van der Waals surface area contributed by atoms with Gasteiger partial charge < -0.3 is 0 Å². The SMILES string of the molecule is [Au].c1ccc2sccc2c1. The van der Waals surface area contributed by atoms with Crippen molar-refractivity contribution in [2.45, 2.75) is 0 Å². The molecule has 1 aromatic carbocycles. The summed E-state index contributed by atoms with van der Waals surface area (Å²) in [4.78, 5) is 0. The second kappa shape index (κ2) is 3.35. The van der Waals surface area contributed by atoms with Crippen molar-refractivity contribution in [1.29, 1.82) is 0 Å². The van der Waals surface area contributed by atoms with E-state index in [0.29, 0.717) is 0 Å². The molecule has 2 heteroatoms. The van der Waals surface area contributed by atoms with Gasteiger partial charge in [-0.25, -0.2) is 0 Å². The quantitative estimate of drug-likeness (QED) is 0.651. The maximum absolute atomic E-state index is 2.14. The molecule has 0 unspecified atom stereocenters. The number of thiophene rings is 1. The van der Waals surface area contributed by atoms with Gasteiger partial charge in [-0.2, -0.15) is 0 Å². The van der Waals surface area contributed by atoms with E-state index in [2.05, 4.69) is 35.7 Å². The van der Waals surface area contributed by atoms with Crippen molar-refractivity contribution in [3.8, 4) is 0 Å². The first kappa shape index (κ1) is 8.02. The molecule has 0 saturated heterocycles. The molecule has 0 aliphatic carbocycles. The van der Waals surface area contributed by atoms with Gasteiger partial charge in [-0.3, -0.25) is 0 Å². The van der Waals surface area contributed by atoms with Crippen LogP contribution < -0.4 is 0 Å². The van der Waals surface area contributed by atoms with Gasteiger partial charge in [-0.05, 0) is 22.9 Å². The minimum atomic E-state index is 0. The number of benzene rings is 1. The summed E-state index contributed by atoms with van der Waals surface area (Å²) in [5.41, 5.74) is 0. The van der Waals surface area contributed by atoms with Crippen LogP contribution in [-0.4, -0.2) is 0 Å². The van der Waals surface area contributed by atoms with Crippen molar-refractivity contribution in [3.63, 3.8) is 0 Å². The molecule has 10 heavy (non-hydrogen) atoms. The number of rotatable bonds is 0. The van der Waals surface area contributed by atoms with Crippen LogP contribution in [0.4, 0.5) is 0 Å². The Morgan fingerprint density at radius 1 is 1.00 bits per heavy atom. The average molecular weight is 331 g/mol. The molecule has 0 bridgehead atoms. The van der Waals surface area contributed by atoms with Gasteiger partial charge in [0, 0.05) is 27.1 Å². The van der Waals surface area contributed by atoms with Crippen LogP contribution in [-0.2, 0) is 22.4 Å². The Morgan fingerprint density at radius 2 is 1.80 bits per heavy atom. The molecule has 55 valence electrons. The molecule has 1 radical (unpaired) electrons. The van der Waals surface area contributed by atoms with E-state index < -0.39 is 0 Å². The Morgan fingerprint density at radius 3 is 2.60 bits per heavy atom. The fraction of sp³-hybridized carbons (Fsp3) is 0. The summed E-state index contributed by atoms with van der Waals surface area (Å²) in [6, 6.07) is 10.5. The first-order valence-electron chi connectivity index (χ1n) is 2.89. The predicted molar refractivity (Wildman–Crippen MR) is 41.8 cm³/mol. The Labute approximate surface area is 79.4 Å². The zero-order valence-electron chi connectivity index (χ0n) is 5.17. The third kappa shape index (κ3) is 1.32.